The first-order valence-electron chi connectivity index (χ1n) is 7.25. The summed E-state index contributed by atoms with van der Waals surface area (Å²) in [5, 5.41) is 12.5. The Balaban J connectivity index is 1.47. The molecule has 1 aromatic rings. The van der Waals surface area contributed by atoms with Gasteiger partial charge >= 0.3 is 0 Å². The number of phenolic OH excluding ortho intramolecular Hbond substituents is 1. The highest BCUT2D eigenvalue weighted by Crippen LogP contribution is 2.69. The highest BCUT2D eigenvalue weighted by atomic mass is 16.3. The Hall–Kier alpha value is -1.51. The van der Waals surface area contributed by atoms with Crippen LogP contribution in [0.2, 0.25) is 0 Å². The van der Waals surface area contributed by atoms with Gasteiger partial charge in [0.1, 0.15) is 5.75 Å². The van der Waals surface area contributed by atoms with Gasteiger partial charge < -0.3 is 10.4 Å². The lowest BCUT2D eigenvalue weighted by atomic mass is 10.0. The molecule has 19 heavy (non-hydrogen) atoms. The molecule has 3 aliphatic rings. The zero-order chi connectivity index (χ0) is 13.1. The first-order valence-corrected chi connectivity index (χ1v) is 7.25. The maximum atomic E-state index is 12.3. The number of hydrogen-bond donors (Lipinski definition) is 2. The predicted molar refractivity (Wildman–Crippen MR) is 72.8 cm³/mol. The lowest BCUT2D eigenvalue weighted by molar-refractivity contribution is -0.118. The lowest BCUT2D eigenvalue weighted by Gasteiger charge is -2.10. The maximum absolute atomic E-state index is 12.3. The molecule has 0 saturated heterocycles. The topological polar surface area (TPSA) is 49.3 Å². The van der Waals surface area contributed by atoms with Crippen molar-refractivity contribution in [3.05, 3.63) is 23.8 Å². The molecule has 1 aromatic carbocycles. The fourth-order valence-corrected chi connectivity index (χ4v) is 4.63. The maximum Gasteiger partial charge on any atom is 0.228 e. The van der Waals surface area contributed by atoms with E-state index in [2.05, 4.69) is 5.32 Å². The highest BCUT2D eigenvalue weighted by Gasteiger charge is 2.67. The summed E-state index contributed by atoms with van der Waals surface area (Å²) in [7, 11) is 0. The quantitative estimate of drug-likeness (QED) is 0.800. The van der Waals surface area contributed by atoms with Gasteiger partial charge in [-0.05, 0) is 73.6 Å². The Morgan fingerprint density at radius 2 is 1.95 bits per heavy atom. The second-order valence-corrected chi connectivity index (χ2v) is 6.50. The summed E-state index contributed by atoms with van der Waals surface area (Å²) in [6.45, 7) is 1.84. The number of phenols is 1. The van der Waals surface area contributed by atoms with Gasteiger partial charge in [0.15, 0.2) is 0 Å². The normalized spacial score (nSPS) is 38.1. The van der Waals surface area contributed by atoms with Crippen LogP contribution in [0.4, 0.5) is 5.69 Å². The van der Waals surface area contributed by atoms with E-state index < -0.39 is 0 Å². The summed E-state index contributed by atoms with van der Waals surface area (Å²) in [6, 6.07) is 5.25. The van der Waals surface area contributed by atoms with Gasteiger partial charge in [-0.1, -0.05) is 0 Å². The van der Waals surface area contributed by atoms with Crippen LogP contribution in [-0.2, 0) is 4.79 Å². The number of aromatic hydroxyl groups is 1. The number of fused-ring (bicyclic) bond motifs is 5. The summed E-state index contributed by atoms with van der Waals surface area (Å²) in [5.41, 5.74) is 1.60. The summed E-state index contributed by atoms with van der Waals surface area (Å²) < 4.78 is 0. The Morgan fingerprint density at radius 3 is 2.58 bits per heavy atom. The van der Waals surface area contributed by atoms with Crippen LogP contribution >= 0.6 is 0 Å². The summed E-state index contributed by atoms with van der Waals surface area (Å²) in [4.78, 5) is 12.3. The fourth-order valence-electron chi connectivity index (χ4n) is 4.63. The molecule has 100 valence electrons. The molecule has 2 N–H and O–H groups in total. The molecule has 0 aliphatic heterocycles. The molecular formula is C16H19NO2. The van der Waals surface area contributed by atoms with Gasteiger partial charge in [-0.15, -0.1) is 0 Å². The third-order valence-corrected chi connectivity index (χ3v) is 5.50. The molecule has 3 fully saturated rings. The van der Waals surface area contributed by atoms with Gasteiger partial charge in [-0.25, -0.2) is 0 Å². The van der Waals surface area contributed by atoms with Gasteiger partial charge in [0.05, 0.1) is 0 Å². The second kappa shape index (κ2) is 3.75. The Bertz CT molecular complexity index is 538. The van der Waals surface area contributed by atoms with Crippen molar-refractivity contribution in [2.24, 2.45) is 29.6 Å². The zero-order valence-electron chi connectivity index (χ0n) is 11.1. The highest BCUT2D eigenvalue weighted by molar-refractivity contribution is 5.95. The minimum Gasteiger partial charge on any atom is -0.508 e. The Labute approximate surface area is 113 Å². The number of hydrogen-bond acceptors (Lipinski definition) is 2. The molecule has 1 amide bonds. The molecule has 0 spiro atoms. The third kappa shape index (κ3) is 1.60. The monoisotopic (exact) mass is 257 g/mol. The Kier molecular flexibility index (Phi) is 2.23. The summed E-state index contributed by atoms with van der Waals surface area (Å²) in [5.74, 6) is 3.74. The molecular weight excluding hydrogens is 238 g/mol. The number of anilines is 1. The van der Waals surface area contributed by atoms with Crippen molar-refractivity contribution in [2.45, 2.75) is 26.2 Å². The molecule has 2 bridgehead atoms. The molecule has 4 atom stereocenters. The van der Waals surface area contributed by atoms with E-state index in [1.807, 2.05) is 13.0 Å². The molecule has 3 aliphatic carbocycles. The van der Waals surface area contributed by atoms with E-state index in [0.29, 0.717) is 11.8 Å². The van der Waals surface area contributed by atoms with E-state index in [1.165, 1.54) is 19.3 Å². The van der Waals surface area contributed by atoms with E-state index in [9.17, 15) is 9.90 Å². The molecule has 4 unspecified atom stereocenters. The molecule has 3 heteroatoms. The standard InChI is InChI=1S/C16H19NO2/c1-8-6-11(4-5-12(8)18)17-16(19)15-13-9-2-3-10(7-9)14(13)15/h4-6,9-10,13-15,18H,2-3,7H2,1H3,(H,17,19). The third-order valence-electron chi connectivity index (χ3n) is 5.50. The van der Waals surface area contributed by atoms with Crippen LogP contribution < -0.4 is 5.32 Å². The van der Waals surface area contributed by atoms with Crippen molar-refractivity contribution >= 4 is 11.6 Å². The van der Waals surface area contributed by atoms with Crippen LogP contribution in [0.3, 0.4) is 0 Å². The minimum atomic E-state index is 0.191. The van der Waals surface area contributed by atoms with Gasteiger partial charge in [-0.2, -0.15) is 0 Å². The van der Waals surface area contributed by atoms with Crippen molar-refractivity contribution in [1.29, 1.82) is 0 Å². The number of aryl methyl sites for hydroxylation is 1. The largest absolute Gasteiger partial charge is 0.508 e. The minimum absolute atomic E-state index is 0.191. The van der Waals surface area contributed by atoms with Crippen LogP contribution in [0.15, 0.2) is 18.2 Å². The average molecular weight is 257 g/mol. The van der Waals surface area contributed by atoms with Gasteiger partial charge in [0.2, 0.25) is 5.91 Å². The van der Waals surface area contributed by atoms with Crippen LogP contribution in [0.1, 0.15) is 24.8 Å². The molecule has 0 radical (unpaired) electrons. The summed E-state index contributed by atoms with van der Waals surface area (Å²) >= 11 is 0. The summed E-state index contributed by atoms with van der Waals surface area (Å²) in [6.07, 6.45) is 4.05. The number of carbonyl (C=O) groups excluding carboxylic acids is 1. The van der Waals surface area contributed by atoms with E-state index in [0.717, 1.165) is 23.1 Å². The molecule has 0 heterocycles. The van der Waals surface area contributed by atoms with E-state index >= 15 is 0 Å². The number of benzene rings is 1. The Morgan fingerprint density at radius 1 is 1.26 bits per heavy atom. The van der Waals surface area contributed by atoms with E-state index in [1.54, 1.807) is 12.1 Å². The van der Waals surface area contributed by atoms with Crippen LogP contribution in [0.5, 0.6) is 5.75 Å². The van der Waals surface area contributed by atoms with Gasteiger partial charge in [0, 0.05) is 11.6 Å². The number of nitrogens with one attached hydrogen (secondary N) is 1. The van der Waals surface area contributed by atoms with Gasteiger partial charge in [0.25, 0.3) is 0 Å². The lowest BCUT2D eigenvalue weighted by Crippen LogP contribution is -2.18. The van der Waals surface area contributed by atoms with Crippen molar-refractivity contribution in [1.82, 2.24) is 0 Å². The van der Waals surface area contributed by atoms with Crippen molar-refractivity contribution in [3.8, 4) is 5.75 Å². The van der Waals surface area contributed by atoms with Crippen LogP contribution in [0, 0.1) is 36.5 Å². The second-order valence-electron chi connectivity index (χ2n) is 6.50. The molecule has 3 nitrogen and oxygen atoms in total. The van der Waals surface area contributed by atoms with E-state index in [4.69, 9.17) is 0 Å². The average Bonchev–Trinajstić information content (AvgIpc) is 2.83. The predicted octanol–water partition coefficient (Wildman–Crippen LogP) is 2.93. The van der Waals surface area contributed by atoms with Crippen molar-refractivity contribution in [2.75, 3.05) is 5.32 Å². The number of carbonyl (C=O) groups is 1. The number of rotatable bonds is 2. The molecule has 3 saturated carbocycles. The molecule has 4 rings (SSSR count). The van der Waals surface area contributed by atoms with Crippen molar-refractivity contribution < 1.29 is 9.90 Å². The first-order chi connectivity index (χ1) is 9.15. The molecule has 0 aromatic heterocycles. The zero-order valence-corrected chi connectivity index (χ0v) is 11.1. The fraction of sp³-hybridized carbons (Fsp3) is 0.562. The van der Waals surface area contributed by atoms with E-state index in [-0.39, 0.29) is 17.6 Å². The van der Waals surface area contributed by atoms with Crippen molar-refractivity contribution in [3.63, 3.8) is 0 Å². The SMILES string of the molecule is Cc1cc(NC(=O)C2C3C4CCC(C4)C23)ccc1O. The first kappa shape index (κ1) is 11.3. The smallest absolute Gasteiger partial charge is 0.228 e. The van der Waals surface area contributed by atoms with Crippen LogP contribution in [0.25, 0.3) is 0 Å². The number of amides is 1. The van der Waals surface area contributed by atoms with Gasteiger partial charge in [-0.3, -0.25) is 4.79 Å². The van der Waals surface area contributed by atoms with Crippen LogP contribution in [-0.4, -0.2) is 11.0 Å².